The molecule has 0 unspecified atom stereocenters. The van der Waals surface area contributed by atoms with Gasteiger partial charge in [0, 0.05) is 24.9 Å². The molecule has 2 aromatic rings. The van der Waals surface area contributed by atoms with Gasteiger partial charge in [-0.25, -0.2) is 9.59 Å². The number of carbonyl (C=O) groups is 2. The molecule has 0 atom stereocenters. The minimum Gasteiger partial charge on any atom is -0.478 e. The highest BCUT2D eigenvalue weighted by Crippen LogP contribution is 2.28. The number of hydrogen-bond acceptors (Lipinski definition) is 2. The van der Waals surface area contributed by atoms with E-state index >= 15 is 0 Å². The van der Waals surface area contributed by atoms with Crippen LogP contribution < -0.4 is 9.80 Å². The summed E-state index contributed by atoms with van der Waals surface area (Å²) in [5.74, 6) is -1.02. The molecule has 0 aromatic heterocycles. The highest BCUT2D eigenvalue weighted by Gasteiger charge is 2.31. The molecule has 0 saturated carbocycles. The Morgan fingerprint density at radius 3 is 2.35 bits per heavy atom. The average Bonchev–Trinajstić information content (AvgIpc) is 2.95. The highest BCUT2D eigenvalue weighted by molar-refractivity contribution is 6.07. The van der Waals surface area contributed by atoms with Gasteiger partial charge in [-0.1, -0.05) is 36.4 Å². The highest BCUT2D eigenvalue weighted by atomic mass is 16.4. The first-order chi connectivity index (χ1) is 11.2. The number of amides is 2. The topological polar surface area (TPSA) is 60.9 Å². The fraction of sp³-hybridized carbons (Fsp3) is 0.111. The van der Waals surface area contributed by atoms with Crippen LogP contribution in [0.1, 0.15) is 5.56 Å². The van der Waals surface area contributed by atoms with Gasteiger partial charge in [-0.2, -0.15) is 0 Å². The Kier molecular flexibility index (Phi) is 4.10. The lowest BCUT2D eigenvalue weighted by molar-refractivity contribution is -0.131. The Bertz CT molecular complexity index is 756. The molecule has 0 bridgehead atoms. The fourth-order valence-electron chi connectivity index (χ4n) is 2.64. The first-order valence-corrected chi connectivity index (χ1v) is 7.31. The Morgan fingerprint density at radius 2 is 1.61 bits per heavy atom. The van der Waals surface area contributed by atoms with Crippen LogP contribution in [0.5, 0.6) is 0 Å². The average molecular weight is 308 g/mol. The second kappa shape index (κ2) is 6.36. The van der Waals surface area contributed by atoms with Gasteiger partial charge >= 0.3 is 12.0 Å². The molecular weight excluding hydrogens is 292 g/mol. The molecule has 1 saturated heterocycles. The molecule has 3 rings (SSSR count). The van der Waals surface area contributed by atoms with Crippen molar-refractivity contribution in [2.45, 2.75) is 0 Å². The number of aliphatic carboxylic acids is 1. The summed E-state index contributed by atoms with van der Waals surface area (Å²) in [6.45, 7) is 1.16. The van der Waals surface area contributed by atoms with Crippen LogP contribution in [0.15, 0.2) is 60.7 Å². The van der Waals surface area contributed by atoms with Crippen LogP contribution >= 0.6 is 0 Å². The van der Waals surface area contributed by atoms with E-state index in [4.69, 9.17) is 5.11 Å². The molecule has 2 amide bonds. The van der Waals surface area contributed by atoms with Gasteiger partial charge < -0.3 is 5.11 Å². The van der Waals surface area contributed by atoms with Crippen molar-refractivity contribution < 1.29 is 14.7 Å². The zero-order chi connectivity index (χ0) is 16.2. The molecule has 1 heterocycles. The zero-order valence-electron chi connectivity index (χ0n) is 12.4. The van der Waals surface area contributed by atoms with Crippen LogP contribution in [0.25, 0.3) is 6.08 Å². The lowest BCUT2D eigenvalue weighted by Gasteiger charge is -2.20. The second-order valence-corrected chi connectivity index (χ2v) is 5.15. The Morgan fingerprint density at radius 1 is 0.957 bits per heavy atom. The second-order valence-electron chi connectivity index (χ2n) is 5.15. The quantitative estimate of drug-likeness (QED) is 0.882. The van der Waals surface area contributed by atoms with Crippen molar-refractivity contribution in [3.63, 3.8) is 0 Å². The van der Waals surface area contributed by atoms with E-state index in [2.05, 4.69) is 0 Å². The van der Waals surface area contributed by atoms with Crippen molar-refractivity contribution in [3.8, 4) is 0 Å². The normalized spacial score (nSPS) is 14.7. The van der Waals surface area contributed by atoms with Crippen molar-refractivity contribution in [1.82, 2.24) is 0 Å². The molecular formula is C18H16N2O3. The molecule has 1 aliphatic heterocycles. The maximum absolute atomic E-state index is 12.7. The summed E-state index contributed by atoms with van der Waals surface area (Å²) in [6, 6.07) is 16.7. The number of benzene rings is 2. The minimum absolute atomic E-state index is 0.104. The van der Waals surface area contributed by atoms with Gasteiger partial charge in [-0.3, -0.25) is 9.80 Å². The van der Waals surface area contributed by atoms with Crippen LogP contribution in [0.3, 0.4) is 0 Å². The summed E-state index contributed by atoms with van der Waals surface area (Å²) in [4.78, 5) is 26.8. The van der Waals surface area contributed by atoms with Crippen LogP contribution in [0, 0.1) is 0 Å². The van der Waals surface area contributed by atoms with Gasteiger partial charge in [0.25, 0.3) is 0 Å². The summed E-state index contributed by atoms with van der Waals surface area (Å²) in [5.41, 5.74) is 2.28. The number of urea groups is 1. The van der Waals surface area contributed by atoms with Crippen molar-refractivity contribution >= 4 is 29.5 Å². The predicted octanol–water partition coefficient (Wildman–Crippen LogP) is 3.23. The molecule has 5 nitrogen and oxygen atoms in total. The number of rotatable bonds is 4. The first kappa shape index (κ1) is 14.8. The third-order valence-corrected chi connectivity index (χ3v) is 3.71. The lowest BCUT2D eigenvalue weighted by atomic mass is 10.1. The van der Waals surface area contributed by atoms with Crippen molar-refractivity contribution in [2.75, 3.05) is 22.9 Å². The smallest absolute Gasteiger partial charge is 0.329 e. The molecule has 23 heavy (non-hydrogen) atoms. The summed E-state index contributed by atoms with van der Waals surface area (Å²) < 4.78 is 0. The fourth-order valence-corrected chi connectivity index (χ4v) is 2.64. The summed E-state index contributed by atoms with van der Waals surface area (Å²) in [6.07, 6.45) is 2.59. The Labute approximate surface area is 134 Å². The summed E-state index contributed by atoms with van der Waals surface area (Å²) >= 11 is 0. The van der Waals surface area contributed by atoms with Crippen LogP contribution in [-0.2, 0) is 4.79 Å². The van der Waals surface area contributed by atoms with E-state index in [9.17, 15) is 9.59 Å². The van der Waals surface area contributed by atoms with Gasteiger partial charge in [-0.05, 0) is 29.8 Å². The minimum atomic E-state index is -1.02. The summed E-state index contributed by atoms with van der Waals surface area (Å²) in [7, 11) is 0. The SMILES string of the molecule is O=C(O)C=Cc1ccccc1N1CCN(c2ccccc2)C1=O. The molecule has 1 fully saturated rings. The van der Waals surface area contributed by atoms with Crippen LogP contribution in [0.2, 0.25) is 0 Å². The summed E-state index contributed by atoms with van der Waals surface area (Å²) in [5, 5.41) is 8.80. The number of hydrogen-bond donors (Lipinski definition) is 1. The molecule has 1 aliphatic rings. The lowest BCUT2D eigenvalue weighted by Crippen LogP contribution is -2.32. The number of carbonyl (C=O) groups excluding carboxylic acids is 1. The van der Waals surface area contributed by atoms with E-state index in [-0.39, 0.29) is 6.03 Å². The van der Waals surface area contributed by atoms with Crippen molar-refractivity contribution in [3.05, 3.63) is 66.2 Å². The van der Waals surface area contributed by atoms with E-state index in [1.807, 2.05) is 48.5 Å². The molecule has 0 spiro atoms. The number of carboxylic acid groups (broad SMARTS) is 1. The molecule has 0 radical (unpaired) electrons. The predicted molar refractivity (Wildman–Crippen MR) is 89.6 cm³/mol. The van der Waals surface area contributed by atoms with E-state index in [0.717, 1.165) is 11.8 Å². The van der Waals surface area contributed by atoms with E-state index < -0.39 is 5.97 Å². The third-order valence-electron chi connectivity index (χ3n) is 3.71. The van der Waals surface area contributed by atoms with Gasteiger partial charge in [0.05, 0.1) is 5.69 Å². The number of carboxylic acids is 1. The maximum atomic E-state index is 12.7. The van der Waals surface area contributed by atoms with Gasteiger partial charge in [0.15, 0.2) is 0 Å². The standard InChI is InChI=1S/C18H16N2O3/c21-17(22)11-10-14-6-4-5-9-16(14)20-13-12-19(18(20)23)15-7-2-1-3-8-15/h1-11H,12-13H2,(H,21,22). The first-order valence-electron chi connectivity index (χ1n) is 7.31. The molecule has 5 heteroatoms. The largest absolute Gasteiger partial charge is 0.478 e. The monoisotopic (exact) mass is 308 g/mol. The number of nitrogens with zero attached hydrogens (tertiary/aromatic N) is 2. The zero-order valence-corrected chi connectivity index (χ0v) is 12.4. The van der Waals surface area contributed by atoms with E-state index in [0.29, 0.717) is 24.3 Å². The van der Waals surface area contributed by atoms with Crippen molar-refractivity contribution in [2.24, 2.45) is 0 Å². The van der Waals surface area contributed by atoms with Gasteiger partial charge in [-0.15, -0.1) is 0 Å². The van der Waals surface area contributed by atoms with Gasteiger partial charge in [0.1, 0.15) is 0 Å². The van der Waals surface area contributed by atoms with Crippen molar-refractivity contribution in [1.29, 1.82) is 0 Å². The Hall–Kier alpha value is -3.08. The van der Waals surface area contributed by atoms with Gasteiger partial charge in [0.2, 0.25) is 0 Å². The Balaban J connectivity index is 1.89. The molecule has 0 aliphatic carbocycles. The molecule has 1 N–H and O–H groups in total. The molecule has 2 aromatic carbocycles. The number of anilines is 2. The van der Waals surface area contributed by atoms with E-state index in [1.54, 1.807) is 15.9 Å². The van der Waals surface area contributed by atoms with Crippen LogP contribution in [0.4, 0.5) is 16.2 Å². The third kappa shape index (κ3) is 3.08. The number of para-hydroxylation sites is 2. The maximum Gasteiger partial charge on any atom is 0.329 e. The molecule has 116 valence electrons. The van der Waals surface area contributed by atoms with Crippen LogP contribution in [-0.4, -0.2) is 30.2 Å². The van der Waals surface area contributed by atoms with E-state index in [1.165, 1.54) is 6.08 Å².